The summed E-state index contributed by atoms with van der Waals surface area (Å²) in [7, 11) is 1.71. The minimum Gasteiger partial charge on any atom is -0.497 e. The van der Waals surface area contributed by atoms with Crippen molar-refractivity contribution in [1.82, 2.24) is 19.7 Å². The lowest BCUT2D eigenvalue weighted by Crippen LogP contribution is -2.42. The van der Waals surface area contributed by atoms with E-state index in [0.717, 1.165) is 43.9 Å². The molecule has 6 heteroatoms. The van der Waals surface area contributed by atoms with Crippen LogP contribution in [0.2, 0.25) is 0 Å². The van der Waals surface area contributed by atoms with Gasteiger partial charge in [-0.1, -0.05) is 6.07 Å². The van der Waals surface area contributed by atoms with Gasteiger partial charge in [-0.25, -0.2) is 4.98 Å². The molecule has 0 bridgehead atoms. The van der Waals surface area contributed by atoms with Gasteiger partial charge in [0.2, 0.25) is 0 Å². The molecule has 1 N–H and O–H groups in total. The van der Waals surface area contributed by atoms with Gasteiger partial charge < -0.3 is 15.0 Å². The van der Waals surface area contributed by atoms with Crippen LogP contribution in [0.3, 0.4) is 0 Å². The van der Waals surface area contributed by atoms with E-state index in [1.807, 2.05) is 18.5 Å². The van der Waals surface area contributed by atoms with Crippen LogP contribution in [-0.2, 0) is 6.54 Å². The number of nitrogens with one attached hydrogen (secondary N) is 1. The summed E-state index contributed by atoms with van der Waals surface area (Å²) in [5.74, 6) is 0.917. The first-order valence-corrected chi connectivity index (χ1v) is 8.72. The standard InChI is InChI=1S/C19H23N5O/c1-25-18-4-2-3-16(11-18)23-8-5-15(6-9-23)21-12-17-13-22-19-14-20-7-10-24(17)19/h2-4,7,10-11,13-15,21H,5-6,8-9,12H2,1H3. The fourth-order valence-corrected chi connectivity index (χ4v) is 3.42. The van der Waals surface area contributed by atoms with Crippen LogP contribution >= 0.6 is 0 Å². The zero-order valence-electron chi connectivity index (χ0n) is 14.4. The molecule has 0 unspecified atom stereocenters. The van der Waals surface area contributed by atoms with Gasteiger partial charge in [0, 0.05) is 49.8 Å². The van der Waals surface area contributed by atoms with Gasteiger partial charge in [-0.2, -0.15) is 0 Å². The zero-order valence-corrected chi connectivity index (χ0v) is 14.4. The largest absolute Gasteiger partial charge is 0.497 e. The highest BCUT2D eigenvalue weighted by atomic mass is 16.5. The zero-order chi connectivity index (χ0) is 17.1. The third kappa shape index (κ3) is 3.44. The topological polar surface area (TPSA) is 54.7 Å². The molecule has 6 nitrogen and oxygen atoms in total. The molecule has 3 aromatic rings. The molecule has 0 spiro atoms. The first-order chi connectivity index (χ1) is 12.3. The first-order valence-electron chi connectivity index (χ1n) is 8.72. The number of nitrogens with zero attached hydrogens (tertiary/aromatic N) is 4. The van der Waals surface area contributed by atoms with E-state index >= 15 is 0 Å². The number of hydrogen-bond acceptors (Lipinski definition) is 5. The fraction of sp³-hybridized carbons (Fsp3) is 0.368. The van der Waals surface area contributed by atoms with Gasteiger partial charge in [0.25, 0.3) is 0 Å². The van der Waals surface area contributed by atoms with Crippen LogP contribution < -0.4 is 15.0 Å². The summed E-state index contributed by atoms with van der Waals surface area (Å²) in [5, 5.41) is 3.68. The second-order valence-corrected chi connectivity index (χ2v) is 6.40. The molecular weight excluding hydrogens is 314 g/mol. The number of benzene rings is 1. The Labute approximate surface area is 147 Å². The minimum absolute atomic E-state index is 0.536. The molecule has 1 fully saturated rings. The molecule has 1 aliphatic rings. The Kier molecular flexibility index (Phi) is 4.52. The van der Waals surface area contributed by atoms with Gasteiger partial charge in [-0.15, -0.1) is 0 Å². The van der Waals surface area contributed by atoms with Crippen LogP contribution in [0.25, 0.3) is 5.65 Å². The summed E-state index contributed by atoms with van der Waals surface area (Å²) in [5.41, 5.74) is 3.31. The Morgan fingerprint density at radius 1 is 1.24 bits per heavy atom. The van der Waals surface area contributed by atoms with Crippen molar-refractivity contribution in [2.75, 3.05) is 25.1 Å². The second kappa shape index (κ2) is 7.11. The second-order valence-electron chi connectivity index (χ2n) is 6.40. The van der Waals surface area contributed by atoms with Crippen LogP contribution in [-0.4, -0.2) is 40.6 Å². The Bertz CT molecular complexity index is 838. The average molecular weight is 337 g/mol. The summed E-state index contributed by atoms with van der Waals surface area (Å²) < 4.78 is 7.42. The van der Waals surface area contributed by atoms with E-state index in [0.29, 0.717) is 6.04 Å². The highest BCUT2D eigenvalue weighted by molar-refractivity contribution is 5.51. The van der Waals surface area contributed by atoms with Crippen molar-refractivity contribution in [3.63, 3.8) is 0 Å². The van der Waals surface area contributed by atoms with Gasteiger partial charge in [-0.05, 0) is 25.0 Å². The van der Waals surface area contributed by atoms with Crippen molar-refractivity contribution in [1.29, 1.82) is 0 Å². The number of rotatable bonds is 5. The Morgan fingerprint density at radius 3 is 2.96 bits per heavy atom. The number of imidazole rings is 1. The van der Waals surface area contributed by atoms with Crippen molar-refractivity contribution in [2.24, 2.45) is 0 Å². The Morgan fingerprint density at radius 2 is 2.12 bits per heavy atom. The van der Waals surface area contributed by atoms with Crippen LogP contribution in [0.5, 0.6) is 5.75 Å². The Hall–Kier alpha value is -2.60. The molecule has 0 amide bonds. The van der Waals surface area contributed by atoms with Gasteiger partial charge in [0.15, 0.2) is 5.65 Å². The molecular formula is C19H23N5O. The lowest BCUT2D eigenvalue weighted by Gasteiger charge is -2.34. The molecule has 0 atom stereocenters. The number of piperidine rings is 1. The van der Waals surface area contributed by atoms with Crippen LogP contribution in [0, 0.1) is 0 Å². The molecule has 3 heterocycles. The number of methoxy groups -OCH3 is 1. The molecule has 0 radical (unpaired) electrons. The van der Waals surface area contributed by atoms with E-state index in [1.54, 1.807) is 19.5 Å². The molecule has 0 saturated carbocycles. The SMILES string of the molecule is COc1cccc(N2CCC(NCc3cnc4cnccn34)CC2)c1. The van der Waals surface area contributed by atoms with Gasteiger partial charge in [-0.3, -0.25) is 9.38 Å². The third-order valence-electron chi connectivity index (χ3n) is 4.88. The lowest BCUT2D eigenvalue weighted by molar-refractivity contribution is 0.407. The maximum absolute atomic E-state index is 5.33. The van der Waals surface area contributed by atoms with Crippen LogP contribution in [0.1, 0.15) is 18.5 Å². The Balaban J connectivity index is 1.33. The molecule has 130 valence electrons. The summed E-state index contributed by atoms with van der Waals surface area (Å²) in [6.07, 6.45) is 9.74. The highest BCUT2D eigenvalue weighted by Gasteiger charge is 2.19. The fourth-order valence-electron chi connectivity index (χ4n) is 3.42. The minimum atomic E-state index is 0.536. The molecule has 0 aliphatic carbocycles. The molecule has 1 aromatic carbocycles. The van der Waals surface area contributed by atoms with E-state index < -0.39 is 0 Å². The molecule has 2 aromatic heterocycles. The smallest absolute Gasteiger partial charge is 0.155 e. The van der Waals surface area contributed by atoms with Crippen molar-refractivity contribution >= 4 is 11.3 Å². The third-order valence-corrected chi connectivity index (χ3v) is 4.88. The number of aromatic nitrogens is 3. The van der Waals surface area contributed by atoms with Crippen molar-refractivity contribution in [3.05, 3.63) is 54.7 Å². The summed E-state index contributed by atoms with van der Waals surface area (Å²) >= 11 is 0. The van der Waals surface area contributed by atoms with Crippen molar-refractivity contribution in [3.8, 4) is 5.75 Å². The van der Waals surface area contributed by atoms with Crippen LogP contribution in [0.4, 0.5) is 5.69 Å². The van der Waals surface area contributed by atoms with E-state index in [2.05, 4.69) is 42.8 Å². The molecule has 4 rings (SSSR count). The van der Waals surface area contributed by atoms with Gasteiger partial charge in [0.1, 0.15) is 5.75 Å². The lowest BCUT2D eigenvalue weighted by atomic mass is 10.0. The summed E-state index contributed by atoms with van der Waals surface area (Å²) in [6, 6.07) is 8.85. The number of hydrogen-bond donors (Lipinski definition) is 1. The maximum atomic E-state index is 5.33. The number of fused-ring (bicyclic) bond motifs is 1. The predicted octanol–water partition coefficient (Wildman–Crippen LogP) is 2.50. The highest BCUT2D eigenvalue weighted by Crippen LogP contribution is 2.24. The van der Waals surface area contributed by atoms with Gasteiger partial charge in [0.05, 0.1) is 25.2 Å². The molecule has 25 heavy (non-hydrogen) atoms. The monoisotopic (exact) mass is 337 g/mol. The van der Waals surface area contributed by atoms with Crippen LogP contribution in [0.15, 0.2) is 49.1 Å². The summed E-state index contributed by atoms with van der Waals surface area (Å²) in [6.45, 7) is 2.94. The van der Waals surface area contributed by atoms with E-state index in [1.165, 1.54) is 11.4 Å². The van der Waals surface area contributed by atoms with E-state index in [-0.39, 0.29) is 0 Å². The maximum Gasteiger partial charge on any atom is 0.155 e. The molecule has 1 aliphatic heterocycles. The predicted molar refractivity (Wildman–Crippen MR) is 98.1 cm³/mol. The quantitative estimate of drug-likeness (QED) is 0.775. The normalized spacial score (nSPS) is 15.6. The summed E-state index contributed by atoms with van der Waals surface area (Å²) in [4.78, 5) is 10.9. The van der Waals surface area contributed by atoms with Crippen molar-refractivity contribution < 1.29 is 4.74 Å². The average Bonchev–Trinajstić information content (AvgIpc) is 3.10. The van der Waals surface area contributed by atoms with Crippen molar-refractivity contribution in [2.45, 2.75) is 25.4 Å². The number of ether oxygens (including phenoxy) is 1. The first kappa shape index (κ1) is 15.9. The molecule has 1 saturated heterocycles. The number of anilines is 1. The van der Waals surface area contributed by atoms with E-state index in [9.17, 15) is 0 Å². The van der Waals surface area contributed by atoms with E-state index in [4.69, 9.17) is 4.74 Å². The van der Waals surface area contributed by atoms with Gasteiger partial charge >= 0.3 is 0 Å².